The number of hydrogen-bond donors (Lipinski definition) is 0. The molecule has 7 rings (SSSR count). The van der Waals surface area contributed by atoms with Crippen molar-refractivity contribution in [2.75, 3.05) is 14.1 Å². The molecule has 0 fully saturated rings. The Morgan fingerprint density at radius 1 is 0.719 bits per heavy atom. The van der Waals surface area contributed by atoms with Gasteiger partial charge in [0.15, 0.2) is 0 Å². The number of likely N-dealkylation sites (N-methyl/N-ethyl adjacent to an activating group) is 1. The molecule has 0 spiro atoms. The summed E-state index contributed by atoms with van der Waals surface area (Å²) in [5.74, 6) is -1.41. The molecule has 2 aliphatic heterocycles. The summed E-state index contributed by atoms with van der Waals surface area (Å²) in [5.41, 5.74) is 5.93. The Balaban J connectivity index is 1.59. The molecule has 2 heterocycles. The summed E-state index contributed by atoms with van der Waals surface area (Å²) in [4.78, 5) is 53.8. The Hall–Kier alpha value is -4.06. The predicted octanol–water partition coefficient (Wildman–Crippen LogP) is 2.97. The normalized spacial score (nSPS) is 24.8. The monoisotopic (exact) mass is 420 g/mol. The van der Waals surface area contributed by atoms with Gasteiger partial charge in [-0.15, -0.1) is 0 Å². The van der Waals surface area contributed by atoms with Crippen molar-refractivity contribution in [2.24, 2.45) is 5.92 Å². The zero-order chi connectivity index (χ0) is 22.0. The van der Waals surface area contributed by atoms with E-state index in [1.54, 1.807) is 18.2 Å². The Labute approximate surface area is 182 Å². The van der Waals surface area contributed by atoms with Crippen molar-refractivity contribution in [3.05, 3.63) is 87.5 Å². The number of rotatable bonds is 0. The number of imide groups is 2. The first kappa shape index (κ1) is 17.6. The van der Waals surface area contributed by atoms with Gasteiger partial charge in [-0.1, -0.05) is 30.4 Å². The van der Waals surface area contributed by atoms with Crippen LogP contribution in [0.15, 0.2) is 65.3 Å². The van der Waals surface area contributed by atoms with Crippen molar-refractivity contribution in [3.8, 4) is 0 Å². The second kappa shape index (κ2) is 5.40. The molecule has 32 heavy (non-hydrogen) atoms. The summed E-state index contributed by atoms with van der Waals surface area (Å²) in [6.07, 6.45) is 7.60. The van der Waals surface area contributed by atoms with Crippen molar-refractivity contribution in [3.63, 3.8) is 0 Å². The first-order chi connectivity index (χ1) is 15.4. The summed E-state index contributed by atoms with van der Waals surface area (Å²) in [6, 6.07) is 7.48. The maximum absolute atomic E-state index is 12.9. The van der Waals surface area contributed by atoms with Crippen LogP contribution >= 0.6 is 0 Å². The van der Waals surface area contributed by atoms with Gasteiger partial charge in [0.1, 0.15) is 0 Å². The van der Waals surface area contributed by atoms with Gasteiger partial charge in [0.05, 0.1) is 0 Å². The van der Waals surface area contributed by atoms with Gasteiger partial charge in [-0.2, -0.15) is 0 Å². The van der Waals surface area contributed by atoms with E-state index in [9.17, 15) is 19.2 Å². The van der Waals surface area contributed by atoms with Gasteiger partial charge in [0, 0.05) is 53.6 Å². The SMILES string of the molecule is CN1C(=O)C2=CC=C3c4ccc5c6c(ccc(c46)C4C=CC(=C2C34)C1=O)C(=O)N(C)C5=O. The molecule has 2 aromatic carbocycles. The summed E-state index contributed by atoms with van der Waals surface area (Å²) in [6.45, 7) is 0. The molecule has 0 bridgehead atoms. The lowest BCUT2D eigenvalue weighted by molar-refractivity contribution is -0.138. The number of carbonyl (C=O) groups excluding carboxylic acids is 4. The standard InChI is InChI=1S/C26H16N2O4/c1-27-23(29)15-7-3-11-13-5-9-17-22-18(26(32)28(2)25(17)31)10-6-14(20(13)22)12-4-8-16(24(27)30)21(15)19(11)12/h3-11,19H,1-2H3. The van der Waals surface area contributed by atoms with E-state index in [-0.39, 0.29) is 35.5 Å². The number of carbonyl (C=O) groups is 4. The largest absolute Gasteiger partial charge is 0.278 e. The molecule has 6 heteroatoms. The Morgan fingerprint density at radius 2 is 1.38 bits per heavy atom. The topological polar surface area (TPSA) is 74.8 Å². The van der Waals surface area contributed by atoms with E-state index in [1.807, 2.05) is 30.4 Å². The molecule has 4 amide bonds. The second-order valence-electron chi connectivity index (χ2n) is 8.84. The van der Waals surface area contributed by atoms with E-state index in [0.29, 0.717) is 27.7 Å². The number of hydrogen-bond acceptors (Lipinski definition) is 4. The van der Waals surface area contributed by atoms with E-state index in [0.717, 1.165) is 32.6 Å². The number of amides is 4. The van der Waals surface area contributed by atoms with Gasteiger partial charge in [0.2, 0.25) is 0 Å². The van der Waals surface area contributed by atoms with Crippen molar-refractivity contribution in [2.45, 2.75) is 5.92 Å². The molecule has 154 valence electrons. The molecule has 0 saturated heterocycles. The second-order valence-corrected chi connectivity index (χ2v) is 8.84. The van der Waals surface area contributed by atoms with E-state index < -0.39 is 0 Å². The highest BCUT2D eigenvalue weighted by molar-refractivity contribution is 6.27. The maximum atomic E-state index is 12.9. The average molecular weight is 420 g/mol. The number of benzene rings is 2. The molecule has 0 saturated carbocycles. The van der Waals surface area contributed by atoms with Crippen LogP contribution in [0, 0.1) is 5.92 Å². The highest BCUT2D eigenvalue weighted by atomic mass is 16.2. The van der Waals surface area contributed by atoms with Crippen molar-refractivity contribution in [1.82, 2.24) is 9.80 Å². The van der Waals surface area contributed by atoms with E-state index in [1.165, 1.54) is 19.0 Å². The summed E-state index contributed by atoms with van der Waals surface area (Å²) < 4.78 is 0. The van der Waals surface area contributed by atoms with E-state index in [4.69, 9.17) is 0 Å². The van der Waals surface area contributed by atoms with Crippen molar-refractivity contribution < 1.29 is 19.2 Å². The molecule has 0 aromatic heterocycles. The van der Waals surface area contributed by atoms with Crippen LogP contribution in [0.1, 0.15) is 37.8 Å². The van der Waals surface area contributed by atoms with Crippen LogP contribution in [0.2, 0.25) is 0 Å². The molecule has 5 aliphatic rings. The molecular formula is C26H16N2O4. The van der Waals surface area contributed by atoms with Crippen LogP contribution in [0.5, 0.6) is 0 Å². The van der Waals surface area contributed by atoms with Gasteiger partial charge in [-0.3, -0.25) is 29.0 Å². The zero-order valence-electron chi connectivity index (χ0n) is 17.3. The molecule has 2 unspecified atom stereocenters. The number of fused-ring (bicyclic) bond motifs is 2. The number of nitrogens with zero attached hydrogens (tertiary/aromatic N) is 2. The van der Waals surface area contributed by atoms with Gasteiger partial charge < -0.3 is 0 Å². The molecule has 6 nitrogen and oxygen atoms in total. The average Bonchev–Trinajstić information content (AvgIpc) is 2.82. The Kier molecular flexibility index (Phi) is 2.97. The lowest BCUT2D eigenvalue weighted by Gasteiger charge is -2.43. The fourth-order valence-corrected chi connectivity index (χ4v) is 5.99. The highest BCUT2D eigenvalue weighted by Crippen LogP contribution is 2.57. The van der Waals surface area contributed by atoms with Crippen LogP contribution in [0.3, 0.4) is 0 Å². The van der Waals surface area contributed by atoms with Crippen LogP contribution < -0.4 is 0 Å². The lowest BCUT2D eigenvalue weighted by Crippen LogP contribution is -2.44. The van der Waals surface area contributed by atoms with Crippen LogP contribution in [-0.4, -0.2) is 47.5 Å². The van der Waals surface area contributed by atoms with Gasteiger partial charge in [0.25, 0.3) is 23.6 Å². The molecule has 0 N–H and O–H groups in total. The zero-order valence-corrected chi connectivity index (χ0v) is 17.3. The van der Waals surface area contributed by atoms with Gasteiger partial charge in [-0.25, -0.2) is 0 Å². The lowest BCUT2D eigenvalue weighted by atomic mass is 9.61. The third kappa shape index (κ3) is 1.75. The summed E-state index contributed by atoms with van der Waals surface area (Å²) in [7, 11) is 3.02. The van der Waals surface area contributed by atoms with Crippen LogP contribution in [0.25, 0.3) is 16.3 Å². The van der Waals surface area contributed by atoms with Crippen LogP contribution in [-0.2, 0) is 9.59 Å². The molecular weight excluding hydrogens is 404 g/mol. The van der Waals surface area contributed by atoms with Crippen molar-refractivity contribution >= 4 is 40.0 Å². The predicted molar refractivity (Wildman–Crippen MR) is 117 cm³/mol. The third-order valence-corrected chi connectivity index (χ3v) is 7.49. The summed E-state index contributed by atoms with van der Waals surface area (Å²) in [5, 5.41) is 1.62. The molecule has 2 aromatic rings. The van der Waals surface area contributed by atoms with Gasteiger partial charge in [-0.05, 0) is 45.9 Å². The number of allylic oxidation sites excluding steroid dienone is 4. The minimum Gasteiger partial charge on any atom is -0.278 e. The fraction of sp³-hybridized carbons (Fsp3) is 0.154. The third-order valence-electron chi connectivity index (χ3n) is 7.49. The molecule has 0 radical (unpaired) electrons. The first-order valence-corrected chi connectivity index (χ1v) is 10.5. The highest BCUT2D eigenvalue weighted by Gasteiger charge is 2.47. The van der Waals surface area contributed by atoms with Gasteiger partial charge >= 0.3 is 0 Å². The summed E-state index contributed by atoms with van der Waals surface area (Å²) >= 11 is 0. The molecule has 3 aliphatic carbocycles. The smallest absolute Gasteiger partial charge is 0.261 e. The Morgan fingerprint density at radius 3 is 2.12 bits per heavy atom. The Bertz CT molecular complexity index is 1510. The quantitative estimate of drug-likeness (QED) is 0.614. The fourth-order valence-electron chi connectivity index (χ4n) is 5.99. The molecule has 2 atom stereocenters. The minimum absolute atomic E-state index is 0.0885. The minimum atomic E-state index is -0.302. The maximum Gasteiger partial charge on any atom is 0.261 e. The van der Waals surface area contributed by atoms with Crippen molar-refractivity contribution in [1.29, 1.82) is 0 Å². The first-order valence-electron chi connectivity index (χ1n) is 10.5. The van der Waals surface area contributed by atoms with E-state index in [2.05, 4.69) is 0 Å². The van der Waals surface area contributed by atoms with E-state index >= 15 is 0 Å². The van der Waals surface area contributed by atoms with Crippen LogP contribution in [0.4, 0.5) is 0 Å².